The summed E-state index contributed by atoms with van der Waals surface area (Å²) in [6.45, 7) is 4.35. The van der Waals surface area contributed by atoms with Gasteiger partial charge in [-0.15, -0.1) is 0 Å². The molecule has 0 saturated carbocycles. The smallest absolute Gasteiger partial charge is 0.248 e. The Morgan fingerprint density at radius 2 is 1.90 bits per heavy atom. The molecule has 0 spiro atoms. The lowest BCUT2D eigenvalue weighted by molar-refractivity contribution is 0.100. The number of rotatable bonds is 3. The van der Waals surface area contributed by atoms with Crippen LogP contribution in [0.25, 0.3) is 0 Å². The second-order valence-corrected chi connectivity index (χ2v) is 5.90. The molecule has 3 rings (SSSR count). The minimum Gasteiger partial charge on any atom is -0.495 e. The Balaban J connectivity index is 1.87. The molecule has 1 amide bonds. The Bertz CT molecular complexity index is 518. The summed E-state index contributed by atoms with van der Waals surface area (Å²) in [5, 5.41) is 0. The number of fused-ring (bicyclic) bond motifs is 1. The Hall–Kier alpha value is -1.75. The van der Waals surface area contributed by atoms with Gasteiger partial charge in [-0.05, 0) is 37.1 Å². The Morgan fingerprint density at radius 3 is 2.45 bits per heavy atom. The molecule has 2 aliphatic rings. The zero-order valence-corrected chi connectivity index (χ0v) is 12.0. The highest BCUT2D eigenvalue weighted by atomic mass is 16.5. The average molecular weight is 275 g/mol. The van der Waals surface area contributed by atoms with E-state index in [1.165, 1.54) is 0 Å². The average Bonchev–Trinajstić information content (AvgIpc) is 2.94. The van der Waals surface area contributed by atoms with Crippen molar-refractivity contribution in [2.75, 3.05) is 45.2 Å². The Kier molecular flexibility index (Phi) is 3.30. The van der Waals surface area contributed by atoms with Crippen LogP contribution in [0.4, 0.5) is 5.69 Å². The molecular weight excluding hydrogens is 254 g/mol. The minimum absolute atomic E-state index is 0.395. The SMILES string of the molecule is COc1ccc(C(N)=O)cc1N1CC2CN(C)CC2C1. The normalized spacial score (nSPS) is 25.8. The summed E-state index contributed by atoms with van der Waals surface area (Å²) >= 11 is 0. The van der Waals surface area contributed by atoms with E-state index in [1.807, 2.05) is 12.1 Å². The molecule has 2 heterocycles. The molecule has 5 heteroatoms. The molecule has 2 atom stereocenters. The van der Waals surface area contributed by atoms with Gasteiger partial charge in [-0.3, -0.25) is 4.79 Å². The number of primary amides is 1. The number of benzene rings is 1. The fourth-order valence-electron chi connectivity index (χ4n) is 3.51. The fourth-order valence-corrected chi connectivity index (χ4v) is 3.51. The van der Waals surface area contributed by atoms with E-state index in [1.54, 1.807) is 13.2 Å². The first kappa shape index (κ1) is 13.2. The minimum atomic E-state index is -0.395. The van der Waals surface area contributed by atoms with Crippen molar-refractivity contribution in [2.24, 2.45) is 17.6 Å². The van der Waals surface area contributed by atoms with Gasteiger partial charge in [0.2, 0.25) is 5.91 Å². The number of carbonyl (C=O) groups excluding carboxylic acids is 1. The summed E-state index contributed by atoms with van der Waals surface area (Å²) in [6.07, 6.45) is 0. The molecule has 5 nitrogen and oxygen atoms in total. The summed E-state index contributed by atoms with van der Waals surface area (Å²) < 4.78 is 5.43. The summed E-state index contributed by atoms with van der Waals surface area (Å²) in [7, 11) is 3.84. The van der Waals surface area contributed by atoms with Crippen molar-refractivity contribution in [3.05, 3.63) is 23.8 Å². The lowest BCUT2D eigenvalue weighted by Gasteiger charge is -2.23. The van der Waals surface area contributed by atoms with Gasteiger partial charge in [-0.2, -0.15) is 0 Å². The van der Waals surface area contributed by atoms with E-state index in [4.69, 9.17) is 10.5 Å². The van der Waals surface area contributed by atoms with Gasteiger partial charge >= 0.3 is 0 Å². The van der Waals surface area contributed by atoms with Crippen LogP contribution in [0.2, 0.25) is 0 Å². The van der Waals surface area contributed by atoms with Crippen LogP contribution in [0.15, 0.2) is 18.2 Å². The first-order chi connectivity index (χ1) is 9.58. The quantitative estimate of drug-likeness (QED) is 0.886. The number of nitrogens with zero attached hydrogens (tertiary/aromatic N) is 2. The number of amides is 1. The molecule has 0 aliphatic carbocycles. The summed E-state index contributed by atoms with van der Waals surface area (Å²) in [5.41, 5.74) is 6.90. The highest BCUT2D eigenvalue weighted by Crippen LogP contribution is 2.37. The molecular formula is C15H21N3O2. The number of likely N-dealkylation sites (tertiary alicyclic amines) is 1. The van der Waals surface area contributed by atoms with Crippen LogP contribution in [0.5, 0.6) is 5.75 Å². The lowest BCUT2D eigenvalue weighted by Crippen LogP contribution is -2.27. The van der Waals surface area contributed by atoms with Gasteiger partial charge in [0.15, 0.2) is 0 Å². The molecule has 0 radical (unpaired) electrons. The van der Waals surface area contributed by atoms with Crippen LogP contribution in [-0.4, -0.2) is 51.1 Å². The predicted molar refractivity (Wildman–Crippen MR) is 78.2 cm³/mol. The van der Waals surface area contributed by atoms with Gasteiger partial charge in [0.05, 0.1) is 12.8 Å². The van der Waals surface area contributed by atoms with Crippen molar-refractivity contribution < 1.29 is 9.53 Å². The molecule has 2 saturated heterocycles. The predicted octanol–water partition coefficient (Wildman–Crippen LogP) is 0.792. The monoisotopic (exact) mass is 275 g/mol. The van der Waals surface area contributed by atoms with Gasteiger partial charge in [0.1, 0.15) is 5.75 Å². The van der Waals surface area contributed by atoms with Gasteiger partial charge in [0.25, 0.3) is 0 Å². The van der Waals surface area contributed by atoms with Crippen LogP contribution in [0.3, 0.4) is 0 Å². The highest BCUT2D eigenvalue weighted by Gasteiger charge is 2.39. The third-order valence-corrected chi connectivity index (χ3v) is 4.47. The molecule has 0 aromatic heterocycles. The molecule has 0 bridgehead atoms. The van der Waals surface area contributed by atoms with E-state index >= 15 is 0 Å². The van der Waals surface area contributed by atoms with Crippen molar-refractivity contribution in [1.29, 1.82) is 0 Å². The maximum absolute atomic E-state index is 11.4. The second-order valence-electron chi connectivity index (χ2n) is 5.90. The number of methoxy groups -OCH3 is 1. The summed E-state index contributed by atoms with van der Waals surface area (Å²) in [4.78, 5) is 16.1. The first-order valence-electron chi connectivity index (χ1n) is 7.00. The van der Waals surface area contributed by atoms with Gasteiger partial charge in [-0.25, -0.2) is 0 Å². The van der Waals surface area contributed by atoms with Crippen molar-refractivity contribution in [2.45, 2.75) is 0 Å². The van der Waals surface area contributed by atoms with Crippen molar-refractivity contribution in [3.63, 3.8) is 0 Å². The molecule has 108 valence electrons. The molecule has 20 heavy (non-hydrogen) atoms. The fraction of sp³-hybridized carbons (Fsp3) is 0.533. The van der Waals surface area contributed by atoms with E-state index in [0.717, 1.165) is 37.6 Å². The lowest BCUT2D eigenvalue weighted by atomic mass is 10.0. The van der Waals surface area contributed by atoms with Crippen LogP contribution in [0.1, 0.15) is 10.4 Å². The van der Waals surface area contributed by atoms with E-state index in [9.17, 15) is 4.79 Å². The van der Waals surface area contributed by atoms with Crippen LogP contribution in [-0.2, 0) is 0 Å². The highest BCUT2D eigenvalue weighted by molar-refractivity contribution is 5.94. The third kappa shape index (κ3) is 2.22. The number of nitrogens with two attached hydrogens (primary N) is 1. The van der Waals surface area contributed by atoms with Gasteiger partial charge in [-0.1, -0.05) is 0 Å². The van der Waals surface area contributed by atoms with Crippen LogP contribution in [0, 0.1) is 11.8 Å². The number of hydrogen-bond donors (Lipinski definition) is 1. The maximum atomic E-state index is 11.4. The topological polar surface area (TPSA) is 58.8 Å². The third-order valence-electron chi connectivity index (χ3n) is 4.47. The van der Waals surface area contributed by atoms with Crippen LogP contribution < -0.4 is 15.4 Å². The molecule has 2 unspecified atom stereocenters. The second kappa shape index (κ2) is 4.98. The molecule has 2 aliphatic heterocycles. The Morgan fingerprint density at radius 1 is 1.25 bits per heavy atom. The van der Waals surface area contributed by atoms with E-state index < -0.39 is 5.91 Å². The first-order valence-corrected chi connectivity index (χ1v) is 7.00. The zero-order valence-electron chi connectivity index (χ0n) is 12.0. The maximum Gasteiger partial charge on any atom is 0.248 e. The van der Waals surface area contributed by atoms with Crippen molar-refractivity contribution in [1.82, 2.24) is 4.90 Å². The number of carbonyl (C=O) groups is 1. The van der Waals surface area contributed by atoms with Crippen LogP contribution >= 0.6 is 0 Å². The number of hydrogen-bond acceptors (Lipinski definition) is 4. The number of anilines is 1. The van der Waals surface area contributed by atoms with Crippen molar-refractivity contribution >= 4 is 11.6 Å². The summed E-state index contributed by atoms with van der Waals surface area (Å²) in [6, 6.07) is 5.40. The van der Waals surface area contributed by atoms with E-state index in [2.05, 4.69) is 16.8 Å². The standard InChI is InChI=1S/C15H21N3O2/c1-17-6-11-8-18(9-12(11)7-17)13-5-10(15(16)19)3-4-14(13)20-2/h3-5,11-12H,6-9H2,1-2H3,(H2,16,19). The molecule has 2 fully saturated rings. The summed E-state index contributed by atoms with van der Waals surface area (Å²) in [5.74, 6) is 1.83. The number of ether oxygens (including phenoxy) is 1. The molecule has 1 aromatic carbocycles. The Labute approximate surface area is 119 Å². The largest absolute Gasteiger partial charge is 0.495 e. The molecule has 2 N–H and O–H groups in total. The van der Waals surface area contributed by atoms with Crippen molar-refractivity contribution in [3.8, 4) is 5.75 Å². The van der Waals surface area contributed by atoms with E-state index in [-0.39, 0.29) is 0 Å². The molecule has 1 aromatic rings. The zero-order chi connectivity index (χ0) is 14.3. The van der Waals surface area contributed by atoms with Gasteiger partial charge in [0, 0.05) is 31.7 Å². The van der Waals surface area contributed by atoms with E-state index in [0.29, 0.717) is 17.4 Å². The van der Waals surface area contributed by atoms with Gasteiger partial charge < -0.3 is 20.3 Å².